The summed E-state index contributed by atoms with van der Waals surface area (Å²) in [5.41, 5.74) is 2.44. The van der Waals surface area contributed by atoms with Crippen molar-refractivity contribution in [1.29, 1.82) is 0 Å². The van der Waals surface area contributed by atoms with Crippen molar-refractivity contribution >= 4 is 11.9 Å². The lowest BCUT2D eigenvalue weighted by atomic mass is 11.0. The van der Waals surface area contributed by atoms with Gasteiger partial charge in [-0.1, -0.05) is 10.3 Å². The quantitative estimate of drug-likeness (QED) is 0.295. The van der Waals surface area contributed by atoms with Crippen molar-refractivity contribution < 1.29 is 0 Å². The lowest BCUT2D eigenvalue weighted by Gasteiger charge is -1.92. The minimum Gasteiger partial charge on any atom is -0.252 e. The Morgan fingerprint density at radius 3 is 2.86 bits per heavy atom. The number of hydrogen-bond acceptors (Lipinski definition) is 7. The number of aromatic amines is 1. The smallest absolute Gasteiger partial charge is 0.252 e. The summed E-state index contributed by atoms with van der Waals surface area (Å²) < 4.78 is 0. The molecule has 0 aliphatic rings. The number of guanidine groups is 1. The Labute approximate surface area is 78.6 Å². The van der Waals surface area contributed by atoms with Gasteiger partial charge in [0.25, 0.3) is 5.96 Å². The molecule has 0 saturated carbocycles. The van der Waals surface area contributed by atoms with Crippen LogP contribution in [-0.4, -0.2) is 40.7 Å². The Balaban J connectivity index is 2.57. The minimum atomic E-state index is 0.112. The average molecular weight is 196 g/mol. The number of tetrazole rings is 1. The van der Waals surface area contributed by atoms with Crippen molar-refractivity contribution in [3.8, 4) is 0 Å². The van der Waals surface area contributed by atoms with Gasteiger partial charge in [-0.25, -0.2) is 5.43 Å². The van der Waals surface area contributed by atoms with Gasteiger partial charge in [0.15, 0.2) is 0 Å². The number of nitrogens with one attached hydrogen (secondary N) is 2. The van der Waals surface area contributed by atoms with Crippen molar-refractivity contribution in [2.75, 3.05) is 14.1 Å². The molecule has 10 heteroatoms. The average Bonchev–Trinajstić information content (AvgIpc) is 2.71. The van der Waals surface area contributed by atoms with E-state index in [2.05, 4.69) is 51.6 Å². The van der Waals surface area contributed by atoms with Crippen LogP contribution in [0, 0.1) is 0 Å². The van der Waals surface area contributed by atoms with E-state index < -0.39 is 0 Å². The molecule has 1 aromatic rings. The van der Waals surface area contributed by atoms with E-state index >= 15 is 0 Å². The summed E-state index contributed by atoms with van der Waals surface area (Å²) in [4.78, 5) is 3.73. The van der Waals surface area contributed by atoms with Crippen LogP contribution in [-0.2, 0) is 0 Å². The van der Waals surface area contributed by atoms with E-state index in [1.165, 1.54) is 14.1 Å². The lowest BCUT2D eigenvalue weighted by molar-refractivity contribution is 0.871. The standard InChI is InChI=1S/C4H8N10/c1-5-3(9-12-6-2)7-8-4-10-13-14-11-4/h1-2H3,(H,5,6,9)(H,10,11,13,14)/b8-7+. The van der Waals surface area contributed by atoms with E-state index in [0.29, 0.717) is 0 Å². The van der Waals surface area contributed by atoms with Gasteiger partial charge in [0.1, 0.15) is 0 Å². The van der Waals surface area contributed by atoms with E-state index in [0.717, 1.165) is 0 Å². The van der Waals surface area contributed by atoms with Crippen molar-refractivity contribution in [3.63, 3.8) is 0 Å². The molecular formula is C4H8N10. The van der Waals surface area contributed by atoms with Gasteiger partial charge in [0.05, 0.1) is 7.05 Å². The Kier molecular flexibility index (Phi) is 3.79. The van der Waals surface area contributed by atoms with E-state index in [9.17, 15) is 0 Å². The number of aliphatic imine (C=N–C) groups is 1. The number of H-pyrrole nitrogens is 1. The predicted octanol–water partition coefficient (Wildman–Crippen LogP) is -0.144. The third kappa shape index (κ3) is 3.00. The molecule has 1 heterocycles. The second-order valence-electron chi connectivity index (χ2n) is 1.87. The largest absolute Gasteiger partial charge is 0.307 e. The highest BCUT2D eigenvalue weighted by molar-refractivity contribution is 5.79. The van der Waals surface area contributed by atoms with Gasteiger partial charge in [-0.05, 0) is 5.21 Å². The van der Waals surface area contributed by atoms with Crippen LogP contribution in [0.25, 0.3) is 0 Å². The van der Waals surface area contributed by atoms with E-state index in [1.807, 2.05) is 0 Å². The normalized spacial score (nSPS) is 12.9. The van der Waals surface area contributed by atoms with Gasteiger partial charge in [-0.3, -0.25) is 4.99 Å². The molecule has 0 unspecified atom stereocenters. The number of nitrogens with zero attached hydrogens (tertiary/aromatic N) is 8. The molecule has 1 aromatic heterocycles. The third-order valence-electron chi connectivity index (χ3n) is 1.03. The number of rotatable bonds is 2. The maximum absolute atomic E-state index is 3.73. The number of hydrogen-bond donors (Lipinski definition) is 2. The fourth-order valence-corrected chi connectivity index (χ4v) is 0.503. The van der Waals surface area contributed by atoms with Gasteiger partial charge in [-0.15, -0.1) is 15.3 Å². The first-order valence-electron chi connectivity index (χ1n) is 3.53. The number of aromatic nitrogens is 4. The Bertz CT molecular complexity index is 333. The molecule has 0 radical (unpaired) electrons. The van der Waals surface area contributed by atoms with Crippen molar-refractivity contribution in [1.82, 2.24) is 26.0 Å². The summed E-state index contributed by atoms with van der Waals surface area (Å²) in [6, 6.07) is 0. The highest BCUT2D eigenvalue weighted by atomic mass is 15.5. The zero-order valence-corrected chi connectivity index (χ0v) is 7.58. The van der Waals surface area contributed by atoms with Crippen LogP contribution in [0.15, 0.2) is 25.6 Å². The lowest BCUT2D eigenvalue weighted by Crippen LogP contribution is -2.13. The molecule has 1 rings (SSSR count). The first-order chi connectivity index (χ1) is 6.86. The molecule has 0 bridgehead atoms. The highest BCUT2D eigenvalue weighted by Gasteiger charge is 1.95. The predicted molar refractivity (Wildman–Crippen MR) is 46.0 cm³/mol. The van der Waals surface area contributed by atoms with Crippen molar-refractivity contribution in [2.45, 2.75) is 0 Å². The summed E-state index contributed by atoms with van der Waals surface area (Å²) in [5, 5.41) is 26.8. The summed E-state index contributed by atoms with van der Waals surface area (Å²) >= 11 is 0. The van der Waals surface area contributed by atoms with Crippen molar-refractivity contribution in [2.24, 2.45) is 25.6 Å². The molecule has 0 aromatic carbocycles. The number of azo groups is 1. The summed E-state index contributed by atoms with van der Waals surface area (Å²) in [7, 11) is 3.04. The third-order valence-corrected chi connectivity index (χ3v) is 1.03. The van der Waals surface area contributed by atoms with Crippen LogP contribution >= 0.6 is 0 Å². The van der Waals surface area contributed by atoms with E-state index in [4.69, 9.17) is 0 Å². The zero-order valence-electron chi connectivity index (χ0n) is 7.58. The van der Waals surface area contributed by atoms with Crippen LogP contribution in [0.2, 0.25) is 0 Å². The zero-order chi connectivity index (χ0) is 10.2. The van der Waals surface area contributed by atoms with Crippen LogP contribution in [0.3, 0.4) is 0 Å². The van der Waals surface area contributed by atoms with Crippen LogP contribution in [0.4, 0.5) is 5.95 Å². The summed E-state index contributed by atoms with van der Waals surface area (Å²) in [6.45, 7) is 0. The van der Waals surface area contributed by atoms with Crippen LogP contribution < -0.4 is 5.43 Å². The highest BCUT2D eigenvalue weighted by Crippen LogP contribution is 1.97. The second-order valence-corrected chi connectivity index (χ2v) is 1.87. The molecule has 0 atom stereocenters. The second kappa shape index (κ2) is 5.40. The molecule has 0 fully saturated rings. The molecule has 0 aliphatic carbocycles. The molecule has 0 spiro atoms. The minimum absolute atomic E-state index is 0.112. The first-order valence-corrected chi connectivity index (χ1v) is 3.53. The fraction of sp³-hybridized carbons (Fsp3) is 0.500. The molecule has 0 amide bonds. The van der Waals surface area contributed by atoms with Crippen LogP contribution in [0.5, 0.6) is 0 Å². The maximum atomic E-state index is 3.73. The van der Waals surface area contributed by atoms with Crippen LogP contribution in [0.1, 0.15) is 0 Å². The van der Waals surface area contributed by atoms with Gasteiger partial charge in [0.2, 0.25) is 0 Å². The molecular weight excluding hydrogens is 188 g/mol. The Morgan fingerprint density at radius 1 is 1.43 bits per heavy atom. The Morgan fingerprint density at radius 2 is 2.29 bits per heavy atom. The summed E-state index contributed by atoms with van der Waals surface area (Å²) in [6.07, 6.45) is 0. The van der Waals surface area contributed by atoms with E-state index in [1.54, 1.807) is 0 Å². The fourth-order valence-electron chi connectivity index (χ4n) is 0.503. The Hall–Kier alpha value is -2.26. The van der Waals surface area contributed by atoms with Gasteiger partial charge >= 0.3 is 5.95 Å². The molecule has 0 saturated heterocycles. The first kappa shape index (κ1) is 9.83. The molecule has 2 N–H and O–H groups in total. The maximum Gasteiger partial charge on any atom is 0.307 e. The summed E-state index contributed by atoms with van der Waals surface area (Å²) in [5.74, 6) is 0.307. The van der Waals surface area contributed by atoms with Gasteiger partial charge in [0, 0.05) is 7.05 Å². The molecule has 74 valence electrons. The topological polar surface area (TPSA) is 128 Å². The van der Waals surface area contributed by atoms with Crippen molar-refractivity contribution in [3.05, 3.63) is 0 Å². The monoisotopic (exact) mass is 196 g/mol. The SMILES string of the molecule is CN=NNC(=NC)/N=N/c1nn[nH]n1. The van der Waals surface area contributed by atoms with E-state index in [-0.39, 0.29) is 11.9 Å². The molecule has 0 aliphatic heterocycles. The molecule has 14 heavy (non-hydrogen) atoms. The van der Waals surface area contributed by atoms with Gasteiger partial charge in [-0.2, -0.15) is 10.3 Å². The molecule has 10 nitrogen and oxygen atoms in total. The van der Waals surface area contributed by atoms with Gasteiger partial charge < -0.3 is 0 Å².